The van der Waals surface area contributed by atoms with E-state index in [1.807, 2.05) is 0 Å². The average Bonchev–Trinajstić information content (AvgIpc) is 2.25. The van der Waals surface area contributed by atoms with Gasteiger partial charge in [-0.1, -0.05) is 6.07 Å². The van der Waals surface area contributed by atoms with Crippen molar-refractivity contribution in [1.82, 2.24) is 0 Å². The smallest absolute Gasteiger partial charge is 0.338 e. The number of para-hydroxylation sites is 1. The zero-order valence-corrected chi connectivity index (χ0v) is 9.08. The molecule has 92 valence electrons. The molecule has 0 radical (unpaired) electrons. The first-order valence-electron chi connectivity index (χ1n) is 4.86. The van der Waals surface area contributed by atoms with Gasteiger partial charge < -0.3 is 15.5 Å². The second-order valence-electron chi connectivity index (χ2n) is 3.49. The summed E-state index contributed by atoms with van der Waals surface area (Å²) < 4.78 is 0. The van der Waals surface area contributed by atoms with Gasteiger partial charge in [0.15, 0.2) is 0 Å². The minimum atomic E-state index is -1.26. The summed E-state index contributed by atoms with van der Waals surface area (Å²) >= 11 is 0. The molecule has 1 aromatic rings. The Kier molecular flexibility index (Phi) is 4.00. The Morgan fingerprint density at radius 3 is 2.71 bits per heavy atom. The first kappa shape index (κ1) is 12.9. The molecule has 0 saturated carbocycles. The van der Waals surface area contributed by atoms with Crippen LogP contribution in [0.5, 0.6) is 0 Å². The summed E-state index contributed by atoms with van der Waals surface area (Å²) in [5, 5.41) is 31.3. The van der Waals surface area contributed by atoms with Crippen molar-refractivity contribution in [2.24, 2.45) is 0 Å². The number of nitrogens with zero attached hydrogens (tertiary/aromatic N) is 1. The predicted molar refractivity (Wildman–Crippen MR) is 60.2 cm³/mol. The molecule has 7 nitrogen and oxygen atoms in total. The maximum Gasteiger partial charge on any atom is 0.338 e. The highest BCUT2D eigenvalue weighted by Gasteiger charge is 2.21. The van der Waals surface area contributed by atoms with Gasteiger partial charge >= 0.3 is 5.97 Å². The summed E-state index contributed by atoms with van der Waals surface area (Å²) in [5.74, 6) is -1.26. The molecule has 0 aromatic heterocycles. The van der Waals surface area contributed by atoms with Crippen LogP contribution in [0.15, 0.2) is 18.2 Å². The number of anilines is 1. The van der Waals surface area contributed by atoms with E-state index in [0.717, 1.165) is 0 Å². The van der Waals surface area contributed by atoms with Crippen molar-refractivity contribution in [2.45, 2.75) is 13.0 Å². The van der Waals surface area contributed by atoms with Gasteiger partial charge in [0.1, 0.15) is 5.69 Å². The lowest BCUT2D eigenvalue weighted by molar-refractivity contribution is -0.384. The number of benzene rings is 1. The van der Waals surface area contributed by atoms with Gasteiger partial charge in [0.05, 0.1) is 16.6 Å². The fourth-order valence-electron chi connectivity index (χ4n) is 1.31. The molecule has 0 spiro atoms. The maximum absolute atomic E-state index is 10.9. The largest absolute Gasteiger partial charge is 0.478 e. The molecule has 0 heterocycles. The first-order valence-corrected chi connectivity index (χ1v) is 4.86. The fraction of sp³-hybridized carbons (Fsp3) is 0.300. The molecule has 3 N–H and O–H groups in total. The van der Waals surface area contributed by atoms with Crippen LogP contribution in [0, 0.1) is 10.1 Å². The number of hydrogen-bond acceptors (Lipinski definition) is 5. The topological polar surface area (TPSA) is 113 Å². The average molecular weight is 240 g/mol. The summed E-state index contributed by atoms with van der Waals surface area (Å²) in [6.45, 7) is 1.52. The van der Waals surface area contributed by atoms with Crippen molar-refractivity contribution in [3.05, 3.63) is 33.9 Å². The molecule has 1 rings (SSSR count). The lowest BCUT2D eigenvalue weighted by Gasteiger charge is -2.11. The number of aliphatic hydroxyl groups excluding tert-OH is 1. The van der Waals surface area contributed by atoms with Gasteiger partial charge in [0.2, 0.25) is 0 Å². The number of nitro groups is 1. The van der Waals surface area contributed by atoms with E-state index in [-0.39, 0.29) is 23.5 Å². The van der Waals surface area contributed by atoms with Crippen molar-refractivity contribution >= 4 is 17.3 Å². The Morgan fingerprint density at radius 2 is 2.24 bits per heavy atom. The van der Waals surface area contributed by atoms with Crippen molar-refractivity contribution in [2.75, 3.05) is 11.9 Å². The van der Waals surface area contributed by atoms with E-state index in [9.17, 15) is 14.9 Å². The van der Waals surface area contributed by atoms with Crippen LogP contribution in [0.1, 0.15) is 17.3 Å². The van der Waals surface area contributed by atoms with E-state index < -0.39 is 17.0 Å². The molecule has 0 aliphatic rings. The zero-order valence-electron chi connectivity index (χ0n) is 9.08. The summed E-state index contributed by atoms with van der Waals surface area (Å²) in [4.78, 5) is 21.0. The highest BCUT2D eigenvalue weighted by Crippen LogP contribution is 2.28. The Balaban J connectivity index is 3.19. The monoisotopic (exact) mass is 240 g/mol. The maximum atomic E-state index is 10.9. The van der Waals surface area contributed by atoms with Crippen molar-refractivity contribution < 1.29 is 19.9 Å². The van der Waals surface area contributed by atoms with E-state index in [1.165, 1.54) is 25.1 Å². The van der Waals surface area contributed by atoms with Gasteiger partial charge in [0.25, 0.3) is 5.69 Å². The standard InChI is InChI=1S/C10H12N2O5/c1-6(13)5-11-9-7(10(14)15)3-2-4-8(9)12(16)17/h2-4,6,11,13H,5H2,1H3,(H,14,15). The van der Waals surface area contributed by atoms with Gasteiger partial charge in [-0.2, -0.15) is 0 Å². The number of hydrogen-bond donors (Lipinski definition) is 3. The quantitative estimate of drug-likeness (QED) is 0.524. The van der Waals surface area contributed by atoms with Gasteiger partial charge in [-0.25, -0.2) is 4.79 Å². The third-order valence-corrected chi connectivity index (χ3v) is 2.04. The van der Waals surface area contributed by atoms with Crippen LogP contribution in [-0.4, -0.2) is 33.8 Å². The number of carbonyl (C=O) groups is 1. The summed E-state index contributed by atoms with van der Waals surface area (Å²) in [6.07, 6.45) is -0.739. The van der Waals surface area contributed by atoms with E-state index in [4.69, 9.17) is 10.2 Å². The molecule has 0 saturated heterocycles. The summed E-state index contributed by atoms with van der Waals surface area (Å²) in [6, 6.07) is 3.77. The number of rotatable bonds is 5. The second-order valence-corrected chi connectivity index (χ2v) is 3.49. The van der Waals surface area contributed by atoms with Crippen LogP contribution >= 0.6 is 0 Å². The first-order chi connectivity index (χ1) is 7.93. The highest BCUT2D eigenvalue weighted by molar-refractivity contribution is 5.96. The number of aromatic carboxylic acids is 1. The third kappa shape index (κ3) is 3.15. The SMILES string of the molecule is CC(O)CNc1c(C(=O)O)cccc1[N+](=O)[O-]. The molecular formula is C10H12N2O5. The predicted octanol–water partition coefficient (Wildman–Crippen LogP) is 1.09. The molecule has 7 heteroatoms. The zero-order chi connectivity index (χ0) is 13.0. The molecular weight excluding hydrogens is 228 g/mol. The molecule has 0 bridgehead atoms. The normalized spacial score (nSPS) is 11.9. The van der Waals surface area contributed by atoms with E-state index in [2.05, 4.69) is 5.32 Å². The van der Waals surface area contributed by atoms with E-state index in [0.29, 0.717) is 0 Å². The van der Waals surface area contributed by atoms with Crippen LogP contribution in [0.3, 0.4) is 0 Å². The van der Waals surface area contributed by atoms with Gasteiger partial charge in [-0.05, 0) is 13.0 Å². The van der Waals surface area contributed by atoms with Crippen LogP contribution in [0.2, 0.25) is 0 Å². The minimum absolute atomic E-state index is 0.0329. The van der Waals surface area contributed by atoms with E-state index in [1.54, 1.807) is 0 Å². The highest BCUT2D eigenvalue weighted by atomic mass is 16.6. The number of carboxylic acid groups (broad SMARTS) is 1. The molecule has 0 aliphatic heterocycles. The molecule has 0 aliphatic carbocycles. The van der Waals surface area contributed by atoms with Gasteiger partial charge in [-0.15, -0.1) is 0 Å². The summed E-state index contributed by atoms with van der Waals surface area (Å²) in [5.41, 5.74) is -0.615. The molecule has 1 aromatic carbocycles. The minimum Gasteiger partial charge on any atom is -0.478 e. The van der Waals surface area contributed by atoms with Crippen LogP contribution in [-0.2, 0) is 0 Å². The van der Waals surface area contributed by atoms with Crippen molar-refractivity contribution in [3.8, 4) is 0 Å². The fourth-order valence-corrected chi connectivity index (χ4v) is 1.31. The lowest BCUT2D eigenvalue weighted by atomic mass is 10.1. The Labute approximate surface area is 96.8 Å². The number of aliphatic hydroxyl groups is 1. The molecule has 17 heavy (non-hydrogen) atoms. The Morgan fingerprint density at radius 1 is 1.59 bits per heavy atom. The molecule has 1 unspecified atom stereocenters. The number of carboxylic acids is 1. The van der Waals surface area contributed by atoms with Crippen molar-refractivity contribution in [1.29, 1.82) is 0 Å². The molecule has 0 fully saturated rings. The van der Waals surface area contributed by atoms with Crippen molar-refractivity contribution in [3.63, 3.8) is 0 Å². The summed E-state index contributed by atoms with van der Waals surface area (Å²) in [7, 11) is 0. The molecule has 1 atom stereocenters. The van der Waals surface area contributed by atoms with Gasteiger partial charge in [-0.3, -0.25) is 10.1 Å². The third-order valence-electron chi connectivity index (χ3n) is 2.04. The van der Waals surface area contributed by atoms with Crippen LogP contribution < -0.4 is 5.32 Å². The Hall–Kier alpha value is -2.15. The van der Waals surface area contributed by atoms with Crippen LogP contribution in [0.4, 0.5) is 11.4 Å². The van der Waals surface area contributed by atoms with Crippen LogP contribution in [0.25, 0.3) is 0 Å². The van der Waals surface area contributed by atoms with Gasteiger partial charge in [0, 0.05) is 12.6 Å². The Bertz CT molecular complexity index is 412. The van der Waals surface area contributed by atoms with E-state index >= 15 is 0 Å². The number of nitrogens with one attached hydrogen (secondary N) is 1. The molecule has 0 amide bonds. The second kappa shape index (κ2) is 5.26. The lowest BCUT2D eigenvalue weighted by Crippen LogP contribution is -2.18. The number of nitro benzene ring substituents is 1.